The highest BCUT2D eigenvalue weighted by Crippen LogP contribution is 2.68. The molecule has 0 aromatic heterocycles. The molecule has 4 aliphatic carbocycles. The third-order valence-electron chi connectivity index (χ3n) is 10.5. The van der Waals surface area contributed by atoms with E-state index in [9.17, 15) is 5.11 Å². The summed E-state index contributed by atoms with van der Waals surface area (Å²) in [5.41, 5.74) is 1.09. The molecule has 0 aromatic carbocycles. The summed E-state index contributed by atoms with van der Waals surface area (Å²) in [7, 11) is 2.00. The van der Waals surface area contributed by atoms with Crippen LogP contribution in [-0.2, 0) is 4.74 Å². The van der Waals surface area contributed by atoms with Crippen molar-refractivity contribution < 1.29 is 9.84 Å². The first-order chi connectivity index (χ1) is 13.0. The van der Waals surface area contributed by atoms with Gasteiger partial charge in [-0.15, -0.1) is 0 Å². The molecular formula is C25H44O2. The zero-order valence-corrected chi connectivity index (χ0v) is 18.4. The Morgan fingerprint density at radius 2 is 1.78 bits per heavy atom. The largest absolute Gasteiger partial charge is 0.396 e. The highest BCUT2D eigenvalue weighted by atomic mass is 16.5. The summed E-state index contributed by atoms with van der Waals surface area (Å²) < 4.78 is 6.24. The van der Waals surface area contributed by atoms with E-state index in [2.05, 4.69) is 20.8 Å². The molecule has 27 heavy (non-hydrogen) atoms. The Bertz CT molecular complexity index is 518. The molecule has 1 N–H and O–H groups in total. The van der Waals surface area contributed by atoms with E-state index >= 15 is 0 Å². The average Bonchev–Trinajstić information content (AvgIpc) is 3.02. The summed E-state index contributed by atoms with van der Waals surface area (Å²) in [6.07, 6.45) is 15.5. The standard InChI is InChI=1S/C25H44O2/c1-17(8-7-15-26)19-10-11-20-23-21(12-14-25(19,20)3)24(2)13-6-5-9-18(24)16-22(23)27-4/h17-23,26H,5-16H2,1-4H3/t17-,18+,19-,20+,21+,22-,23+,24+,25-/m1/s1. The molecule has 0 saturated heterocycles. The van der Waals surface area contributed by atoms with E-state index < -0.39 is 0 Å². The summed E-state index contributed by atoms with van der Waals surface area (Å²) in [6, 6.07) is 0. The summed E-state index contributed by atoms with van der Waals surface area (Å²) in [4.78, 5) is 0. The molecular weight excluding hydrogens is 332 g/mol. The second-order valence-electron chi connectivity index (χ2n) is 11.3. The Morgan fingerprint density at radius 1 is 1.00 bits per heavy atom. The van der Waals surface area contributed by atoms with Crippen molar-refractivity contribution in [1.29, 1.82) is 0 Å². The Labute approximate surface area is 167 Å². The van der Waals surface area contributed by atoms with Gasteiger partial charge in [0.15, 0.2) is 0 Å². The lowest BCUT2D eigenvalue weighted by Crippen LogP contribution is -2.58. The average molecular weight is 377 g/mol. The van der Waals surface area contributed by atoms with Gasteiger partial charge in [0.05, 0.1) is 6.10 Å². The number of rotatable bonds is 5. The van der Waals surface area contributed by atoms with Crippen LogP contribution in [0, 0.1) is 46.3 Å². The summed E-state index contributed by atoms with van der Waals surface area (Å²) in [5.74, 6) is 5.06. The van der Waals surface area contributed by atoms with Crippen molar-refractivity contribution in [2.75, 3.05) is 13.7 Å². The van der Waals surface area contributed by atoms with Gasteiger partial charge >= 0.3 is 0 Å². The van der Waals surface area contributed by atoms with E-state index in [0.29, 0.717) is 23.5 Å². The molecule has 4 aliphatic rings. The van der Waals surface area contributed by atoms with E-state index in [1.165, 1.54) is 64.2 Å². The molecule has 0 spiro atoms. The monoisotopic (exact) mass is 376 g/mol. The molecule has 9 atom stereocenters. The number of methoxy groups -OCH3 is 1. The maximum Gasteiger partial charge on any atom is 0.0608 e. The molecule has 4 rings (SSSR count). The second kappa shape index (κ2) is 7.63. The first-order valence-corrected chi connectivity index (χ1v) is 12.1. The van der Waals surface area contributed by atoms with Gasteiger partial charge in [0.1, 0.15) is 0 Å². The molecule has 4 fully saturated rings. The number of ether oxygens (including phenoxy) is 1. The highest BCUT2D eigenvalue weighted by Gasteiger charge is 2.62. The lowest BCUT2D eigenvalue weighted by atomic mass is 9.44. The lowest BCUT2D eigenvalue weighted by molar-refractivity contribution is -0.172. The van der Waals surface area contributed by atoms with Gasteiger partial charge in [0.25, 0.3) is 0 Å². The summed E-state index contributed by atoms with van der Waals surface area (Å²) in [6.45, 7) is 8.13. The van der Waals surface area contributed by atoms with Crippen LogP contribution in [0.25, 0.3) is 0 Å². The van der Waals surface area contributed by atoms with Crippen LogP contribution in [0.2, 0.25) is 0 Å². The fourth-order valence-electron chi connectivity index (χ4n) is 9.07. The molecule has 0 amide bonds. The van der Waals surface area contributed by atoms with Gasteiger partial charge in [-0.25, -0.2) is 0 Å². The third kappa shape index (κ3) is 3.12. The predicted octanol–water partition coefficient (Wildman–Crippen LogP) is 6.07. The van der Waals surface area contributed by atoms with E-state index in [-0.39, 0.29) is 0 Å². The zero-order chi connectivity index (χ0) is 19.2. The molecule has 156 valence electrons. The van der Waals surface area contributed by atoms with Crippen LogP contribution in [0.4, 0.5) is 0 Å². The third-order valence-corrected chi connectivity index (χ3v) is 10.5. The number of aliphatic hydroxyl groups is 1. The summed E-state index contributed by atoms with van der Waals surface area (Å²) >= 11 is 0. The number of hydrogen-bond acceptors (Lipinski definition) is 2. The molecule has 0 aromatic rings. The topological polar surface area (TPSA) is 29.5 Å². The van der Waals surface area contributed by atoms with E-state index in [4.69, 9.17) is 4.74 Å². The van der Waals surface area contributed by atoms with Crippen molar-refractivity contribution in [2.24, 2.45) is 46.3 Å². The number of aliphatic hydroxyl groups excluding tert-OH is 1. The quantitative estimate of drug-likeness (QED) is 0.631. The zero-order valence-electron chi connectivity index (χ0n) is 18.4. The van der Waals surface area contributed by atoms with E-state index in [1.807, 2.05) is 7.11 Å². The molecule has 0 unspecified atom stereocenters. The predicted molar refractivity (Wildman–Crippen MR) is 111 cm³/mol. The molecule has 0 bridgehead atoms. The van der Waals surface area contributed by atoms with E-state index in [0.717, 1.165) is 41.9 Å². The van der Waals surface area contributed by atoms with Crippen LogP contribution in [0.3, 0.4) is 0 Å². The van der Waals surface area contributed by atoms with Crippen molar-refractivity contribution in [3.05, 3.63) is 0 Å². The van der Waals surface area contributed by atoms with Gasteiger partial charge in [-0.1, -0.05) is 33.6 Å². The smallest absolute Gasteiger partial charge is 0.0608 e. The Hall–Kier alpha value is -0.0800. The van der Waals surface area contributed by atoms with Gasteiger partial charge in [0, 0.05) is 13.7 Å². The maximum absolute atomic E-state index is 9.30. The van der Waals surface area contributed by atoms with Crippen LogP contribution < -0.4 is 0 Å². The SMILES string of the molecule is CO[C@@H]1C[C@@H]2CCCC[C@]2(C)[C@H]2CC[C@]3(C)[C@@H]([C@H](C)CCCO)CC[C@H]3[C@H]12. The molecule has 0 heterocycles. The minimum atomic E-state index is 0.355. The normalized spacial score (nSPS) is 50.6. The minimum Gasteiger partial charge on any atom is -0.396 e. The minimum absolute atomic E-state index is 0.355. The van der Waals surface area contributed by atoms with Crippen LogP contribution >= 0.6 is 0 Å². The first-order valence-electron chi connectivity index (χ1n) is 12.1. The Morgan fingerprint density at radius 3 is 2.52 bits per heavy atom. The first kappa shape index (κ1) is 20.2. The van der Waals surface area contributed by atoms with Gasteiger partial charge in [0.2, 0.25) is 0 Å². The van der Waals surface area contributed by atoms with Crippen molar-refractivity contribution in [3.8, 4) is 0 Å². The van der Waals surface area contributed by atoms with Crippen LogP contribution in [0.15, 0.2) is 0 Å². The molecule has 4 saturated carbocycles. The van der Waals surface area contributed by atoms with Gasteiger partial charge in [-0.05, 0) is 104 Å². The fraction of sp³-hybridized carbons (Fsp3) is 1.00. The van der Waals surface area contributed by atoms with Crippen LogP contribution in [0.5, 0.6) is 0 Å². The van der Waals surface area contributed by atoms with Crippen LogP contribution in [-0.4, -0.2) is 24.9 Å². The Balaban J connectivity index is 1.60. The van der Waals surface area contributed by atoms with Crippen LogP contribution in [0.1, 0.15) is 91.4 Å². The molecule has 0 aliphatic heterocycles. The van der Waals surface area contributed by atoms with Crippen molar-refractivity contribution in [1.82, 2.24) is 0 Å². The van der Waals surface area contributed by atoms with E-state index in [1.54, 1.807) is 0 Å². The number of hydrogen-bond donors (Lipinski definition) is 1. The summed E-state index contributed by atoms with van der Waals surface area (Å²) in [5, 5.41) is 9.30. The Kier molecular flexibility index (Phi) is 5.71. The van der Waals surface area contributed by atoms with Gasteiger partial charge < -0.3 is 9.84 Å². The molecule has 0 radical (unpaired) electrons. The maximum atomic E-state index is 9.30. The molecule has 2 heteroatoms. The van der Waals surface area contributed by atoms with Crippen molar-refractivity contribution in [3.63, 3.8) is 0 Å². The van der Waals surface area contributed by atoms with Crippen molar-refractivity contribution >= 4 is 0 Å². The van der Waals surface area contributed by atoms with Gasteiger partial charge in [-0.2, -0.15) is 0 Å². The lowest BCUT2D eigenvalue weighted by Gasteiger charge is -2.62. The second-order valence-corrected chi connectivity index (χ2v) is 11.3. The molecule has 2 nitrogen and oxygen atoms in total. The fourth-order valence-corrected chi connectivity index (χ4v) is 9.07. The highest BCUT2D eigenvalue weighted by molar-refractivity contribution is 5.11. The number of fused-ring (bicyclic) bond motifs is 5. The van der Waals surface area contributed by atoms with Gasteiger partial charge in [-0.3, -0.25) is 0 Å². The van der Waals surface area contributed by atoms with Crippen molar-refractivity contribution in [2.45, 2.75) is 97.5 Å².